The van der Waals surface area contributed by atoms with Crippen LogP contribution in [0.2, 0.25) is 0 Å². The molecule has 0 N–H and O–H groups in total. The van der Waals surface area contributed by atoms with Crippen LogP contribution in [0.1, 0.15) is 15.9 Å². The van der Waals surface area contributed by atoms with Crippen LogP contribution >= 0.6 is 11.6 Å². The molecule has 0 spiro atoms. The number of hydrogen-bond donors (Lipinski definition) is 0. The van der Waals surface area contributed by atoms with Gasteiger partial charge in [-0.25, -0.2) is 17.6 Å². The van der Waals surface area contributed by atoms with Gasteiger partial charge in [0, 0.05) is 5.56 Å². The maximum Gasteiger partial charge on any atom is 0.255 e. The van der Waals surface area contributed by atoms with E-state index >= 15 is 0 Å². The summed E-state index contributed by atoms with van der Waals surface area (Å²) < 4.78 is 50.8. The quantitative estimate of drug-likeness (QED) is 0.311. The Morgan fingerprint density at radius 2 is 1.43 bits per heavy atom. The van der Waals surface area contributed by atoms with Crippen LogP contribution in [0, 0.1) is 30.2 Å². The third kappa shape index (κ3) is 1.48. The molecule has 0 fully saturated rings. The van der Waals surface area contributed by atoms with E-state index in [-0.39, 0.29) is 0 Å². The first-order chi connectivity index (χ1) is 6.37. The molecule has 0 aromatic heterocycles. The molecule has 0 bridgehead atoms. The predicted molar refractivity (Wildman–Crippen MR) is 41.2 cm³/mol. The Hall–Kier alpha value is -1.10. The highest BCUT2D eigenvalue weighted by Gasteiger charge is 2.25. The van der Waals surface area contributed by atoms with E-state index in [1.54, 1.807) is 0 Å². The molecule has 0 unspecified atom stereocenters. The summed E-state index contributed by atoms with van der Waals surface area (Å²) in [6.07, 6.45) is 0. The van der Waals surface area contributed by atoms with E-state index < -0.39 is 39.6 Å². The summed E-state index contributed by atoms with van der Waals surface area (Å²) in [7, 11) is 0. The summed E-state index contributed by atoms with van der Waals surface area (Å²) >= 11 is 4.88. The van der Waals surface area contributed by atoms with Crippen LogP contribution in [0.25, 0.3) is 0 Å². The molecule has 1 nitrogen and oxygen atoms in total. The molecule has 1 aromatic carbocycles. The average Bonchev–Trinajstić information content (AvgIpc) is 2.11. The highest BCUT2D eigenvalue weighted by molar-refractivity contribution is 6.67. The normalized spacial score (nSPS) is 10.4. The molecule has 1 aromatic rings. The predicted octanol–water partition coefficient (Wildman–Crippen LogP) is 2.93. The third-order valence-electron chi connectivity index (χ3n) is 1.70. The SMILES string of the molecule is Cc1c(F)c(F)c(F)c(F)c1C(=O)Cl. The summed E-state index contributed by atoms with van der Waals surface area (Å²) in [6, 6.07) is 0. The van der Waals surface area contributed by atoms with Gasteiger partial charge in [0.15, 0.2) is 23.3 Å². The van der Waals surface area contributed by atoms with E-state index in [0.717, 1.165) is 6.92 Å². The lowest BCUT2D eigenvalue weighted by atomic mass is 10.1. The fourth-order valence-corrected chi connectivity index (χ4v) is 1.20. The Labute approximate surface area is 81.3 Å². The summed E-state index contributed by atoms with van der Waals surface area (Å²) in [6.45, 7) is 0.927. The minimum Gasteiger partial charge on any atom is -0.275 e. The van der Waals surface area contributed by atoms with Crippen molar-refractivity contribution in [3.05, 3.63) is 34.4 Å². The zero-order valence-electron chi connectivity index (χ0n) is 6.80. The molecule has 0 aliphatic carbocycles. The number of rotatable bonds is 1. The lowest BCUT2D eigenvalue weighted by molar-refractivity contribution is 0.107. The van der Waals surface area contributed by atoms with Gasteiger partial charge in [-0.15, -0.1) is 0 Å². The van der Waals surface area contributed by atoms with Gasteiger partial charge in [-0.2, -0.15) is 0 Å². The van der Waals surface area contributed by atoms with Crippen molar-refractivity contribution >= 4 is 16.8 Å². The van der Waals surface area contributed by atoms with Gasteiger partial charge in [0.2, 0.25) is 0 Å². The van der Waals surface area contributed by atoms with Gasteiger partial charge in [-0.05, 0) is 18.5 Å². The second kappa shape index (κ2) is 3.57. The molecule has 0 radical (unpaired) electrons. The van der Waals surface area contributed by atoms with Crippen molar-refractivity contribution in [1.82, 2.24) is 0 Å². The average molecular weight is 227 g/mol. The molecule has 1 rings (SSSR count). The molecule has 6 heteroatoms. The molecule has 0 saturated heterocycles. The summed E-state index contributed by atoms with van der Waals surface area (Å²) in [5.74, 6) is -7.40. The zero-order valence-corrected chi connectivity index (χ0v) is 7.55. The van der Waals surface area contributed by atoms with E-state index in [1.165, 1.54) is 0 Å². The molecule has 0 atom stereocenters. The minimum atomic E-state index is -2.04. The molecule has 0 aliphatic heterocycles. The zero-order chi connectivity index (χ0) is 11.0. The van der Waals surface area contributed by atoms with Gasteiger partial charge in [-0.1, -0.05) is 0 Å². The Morgan fingerprint density at radius 3 is 1.86 bits per heavy atom. The van der Waals surface area contributed by atoms with Crippen LogP contribution in [-0.4, -0.2) is 5.24 Å². The van der Waals surface area contributed by atoms with Crippen LogP contribution in [0.5, 0.6) is 0 Å². The molecular formula is C8H3ClF4O. The maximum absolute atomic E-state index is 12.9. The summed E-state index contributed by atoms with van der Waals surface area (Å²) in [4.78, 5) is 10.6. The first-order valence-electron chi connectivity index (χ1n) is 3.40. The lowest BCUT2D eigenvalue weighted by Gasteiger charge is -2.05. The topological polar surface area (TPSA) is 17.1 Å². The van der Waals surface area contributed by atoms with Crippen molar-refractivity contribution < 1.29 is 22.4 Å². The minimum absolute atomic E-state index is 0.651. The molecule has 14 heavy (non-hydrogen) atoms. The monoisotopic (exact) mass is 226 g/mol. The van der Waals surface area contributed by atoms with Crippen LogP contribution in [0.15, 0.2) is 0 Å². The highest BCUT2D eigenvalue weighted by atomic mass is 35.5. The van der Waals surface area contributed by atoms with Crippen molar-refractivity contribution in [2.75, 3.05) is 0 Å². The van der Waals surface area contributed by atoms with Crippen molar-refractivity contribution in [2.45, 2.75) is 6.92 Å². The maximum atomic E-state index is 12.9. The van der Waals surface area contributed by atoms with Crippen molar-refractivity contribution in [1.29, 1.82) is 0 Å². The first-order valence-corrected chi connectivity index (χ1v) is 3.78. The van der Waals surface area contributed by atoms with Crippen molar-refractivity contribution in [3.8, 4) is 0 Å². The Kier molecular flexibility index (Phi) is 2.80. The van der Waals surface area contributed by atoms with Gasteiger partial charge in [0.1, 0.15) is 0 Å². The molecule has 76 valence electrons. The van der Waals surface area contributed by atoms with E-state index in [1.807, 2.05) is 0 Å². The molecule has 0 saturated carbocycles. The Bertz CT molecular complexity index is 387. The van der Waals surface area contributed by atoms with Crippen molar-refractivity contribution in [2.24, 2.45) is 0 Å². The summed E-state index contributed by atoms with van der Waals surface area (Å²) in [5, 5.41) is -1.38. The lowest BCUT2D eigenvalue weighted by Crippen LogP contribution is -2.08. The fraction of sp³-hybridized carbons (Fsp3) is 0.125. The molecule has 0 aliphatic rings. The third-order valence-corrected chi connectivity index (χ3v) is 1.89. The molecule has 0 heterocycles. The molecular weight excluding hydrogens is 224 g/mol. The fourth-order valence-electron chi connectivity index (χ4n) is 0.975. The number of benzene rings is 1. The standard InChI is InChI=1S/C8H3ClF4O/c1-2-3(8(9)14)5(11)7(13)6(12)4(2)10/h1H3. The molecule has 0 amide bonds. The van der Waals surface area contributed by atoms with Crippen LogP contribution in [0.3, 0.4) is 0 Å². The van der Waals surface area contributed by atoms with E-state index in [9.17, 15) is 22.4 Å². The van der Waals surface area contributed by atoms with Crippen LogP contribution in [-0.2, 0) is 0 Å². The van der Waals surface area contributed by atoms with E-state index in [4.69, 9.17) is 11.6 Å². The largest absolute Gasteiger partial charge is 0.275 e. The Morgan fingerprint density at radius 1 is 1.00 bits per heavy atom. The van der Waals surface area contributed by atoms with Gasteiger partial charge in [-0.3, -0.25) is 4.79 Å². The van der Waals surface area contributed by atoms with Gasteiger partial charge >= 0.3 is 0 Å². The van der Waals surface area contributed by atoms with Crippen LogP contribution < -0.4 is 0 Å². The second-order valence-electron chi connectivity index (χ2n) is 2.53. The number of carbonyl (C=O) groups excluding carboxylic acids is 1. The van der Waals surface area contributed by atoms with Crippen molar-refractivity contribution in [3.63, 3.8) is 0 Å². The first kappa shape index (κ1) is 11.0. The number of hydrogen-bond acceptors (Lipinski definition) is 1. The highest BCUT2D eigenvalue weighted by Crippen LogP contribution is 2.24. The van der Waals surface area contributed by atoms with Gasteiger partial charge in [0.25, 0.3) is 5.24 Å². The smallest absolute Gasteiger partial charge is 0.255 e. The van der Waals surface area contributed by atoms with E-state index in [2.05, 4.69) is 0 Å². The number of carbonyl (C=O) groups is 1. The van der Waals surface area contributed by atoms with Gasteiger partial charge in [0.05, 0.1) is 5.56 Å². The summed E-state index contributed by atoms with van der Waals surface area (Å²) in [5.41, 5.74) is -1.63. The van der Waals surface area contributed by atoms with E-state index in [0.29, 0.717) is 0 Å². The number of halogens is 5. The van der Waals surface area contributed by atoms with Gasteiger partial charge < -0.3 is 0 Å². The van der Waals surface area contributed by atoms with Crippen LogP contribution in [0.4, 0.5) is 17.6 Å². The Balaban J connectivity index is 3.68. The second-order valence-corrected chi connectivity index (χ2v) is 2.87.